The van der Waals surface area contributed by atoms with Gasteiger partial charge in [0, 0.05) is 18.6 Å². The molecule has 0 aliphatic heterocycles. The van der Waals surface area contributed by atoms with Crippen LogP contribution >= 0.6 is 11.6 Å². The zero-order valence-electron chi connectivity index (χ0n) is 17.4. The van der Waals surface area contributed by atoms with Crippen LogP contribution < -0.4 is 21.4 Å². The number of anilines is 2. The summed E-state index contributed by atoms with van der Waals surface area (Å²) in [5.41, 5.74) is 0.671. The van der Waals surface area contributed by atoms with Crippen molar-refractivity contribution >= 4 is 34.1 Å². The minimum atomic E-state index is -0.750. The van der Waals surface area contributed by atoms with Gasteiger partial charge in [0.2, 0.25) is 5.95 Å². The van der Waals surface area contributed by atoms with Crippen molar-refractivity contribution in [2.24, 2.45) is 7.05 Å². The van der Waals surface area contributed by atoms with Crippen LogP contribution in [0.25, 0.3) is 10.9 Å². The molecule has 0 saturated carbocycles. The van der Waals surface area contributed by atoms with Gasteiger partial charge in [-0.3, -0.25) is 9.25 Å². The molecule has 0 unspecified atom stereocenters. The van der Waals surface area contributed by atoms with E-state index in [0.717, 1.165) is 21.0 Å². The first kappa shape index (κ1) is 21.2. The molecule has 2 aromatic heterocycles. The Hall–Kier alpha value is -4.03. The highest BCUT2D eigenvalue weighted by Gasteiger charge is 2.15. The first-order valence-corrected chi connectivity index (χ1v) is 9.95. The maximum absolute atomic E-state index is 13.1. The van der Waals surface area contributed by atoms with E-state index >= 15 is 0 Å². The van der Waals surface area contributed by atoms with Gasteiger partial charge >= 0.3 is 11.4 Å². The fourth-order valence-electron chi connectivity index (χ4n) is 3.29. The molecule has 32 heavy (non-hydrogen) atoms. The number of hydrogen-bond acceptors (Lipinski definition) is 6. The molecular weight excluding hydrogens is 432 g/mol. The normalized spacial score (nSPS) is 10.8. The van der Waals surface area contributed by atoms with Crippen LogP contribution in [0.5, 0.6) is 5.75 Å². The number of benzene rings is 2. The predicted molar refractivity (Wildman–Crippen MR) is 123 cm³/mol. The fourth-order valence-corrected chi connectivity index (χ4v) is 3.50. The number of hydrogen-bond donors (Lipinski definition) is 1. The average molecular weight is 451 g/mol. The van der Waals surface area contributed by atoms with Crippen molar-refractivity contribution in [3.8, 4) is 18.1 Å². The van der Waals surface area contributed by atoms with Crippen LogP contribution in [0.2, 0.25) is 5.02 Å². The van der Waals surface area contributed by atoms with Gasteiger partial charge in [0.05, 0.1) is 36.4 Å². The molecule has 0 fully saturated rings. The van der Waals surface area contributed by atoms with Gasteiger partial charge in [-0.1, -0.05) is 29.7 Å². The highest BCUT2D eigenvalue weighted by Crippen LogP contribution is 2.29. The molecule has 0 aliphatic rings. The third-order valence-corrected chi connectivity index (χ3v) is 5.17. The van der Waals surface area contributed by atoms with Crippen molar-refractivity contribution in [2.75, 3.05) is 12.4 Å². The monoisotopic (exact) mass is 450 g/mol. The Labute approximate surface area is 187 Å². The number of aromatic nitrogens is 5. The molecule has 0 radical (unpaired) electrons. The van der Waals surface area contributed by atoms with Gasteiger partial charge in [0.25, 0.3) is 0 Å². The zero-order chi connectivity index (χ0) is 22.8. The second kappa shape index (κ2) is 8.61. The van der Waals surface area contributed by atoms with Gasteiger partial charge in [0.1, 0.15) is 5.75 Å². The first-order valence-electron chi connectivity index (χ1n) is 9.57. The quantitative estimate of drug-likeness (QED) is 0.453. The summed E-state index contributed by atoms with van der Waals surface area (Å²) >= 11 is 6.42. The van der Waals surface area contributed by atoms with Gasteiger partial charge in [0.15, 0.2) is 0 Å². The maximum Gasteiger partial charge on any atom is 0.355 e. The standard InChI is InChI=1S/C22H19ClN6O3/c1-4-9-28-21(30)25-20(24-19-10-15-13-27(2)26-18(15)11-17(19)23)29(22(28)31)12-14-5-7-16(32-3)8-6-14/h1,5-8,10-11,13H,9,12H2,2-3H3,(H,24,25,30). The van der Waals surface area contributed by atoms with Crippen molar-refractivity contribution in [1.82, 2.24) is 23.9 Å². The fraction of sp³-hybridized carbons (Fsp3) is 0.182. The number of halogens is 1. The molecule has 10 heteroatoms. The molecule has 4 rings (SSSR count). The largest absolute Gasteiger partial charge is 0.497 e. The van der Waals surface area contributed by atoms with E-state index in [1.807, 2.05) is 18.3 Å². The average Bonchev–Trinajstić information content (AvgIpc) is 3.13. The molecule has 0 atom stereocenters. The second-order valence-electron chi connectivity index (χ2n) is 7.04. The van der Waals surface area contributed by atoms with Crippen molar-refractivity contribution in [2.45, 2.75) is 13.1 Å². The maximum atomic E-state index is 13.1. The Morgan fingerprint density at radius 3 is 2.62 bits per heavy atom. The summed E-state index contributed by atoms with van der Waals surface area (Å²) in [7, 11) is 3.38. The lowest BCUT2D eigenvalue weighted by atomic mass is 10.2. The minimum absolute atomic E-state index is 0.0502. The van der Waals surface area contributed by atoms with E-state index in [1.165, 1.54) is 4.57 Å². The number of terminal acetylenes is 1. The molecule has 162 valence electrons. The van der Waals surface area contributed by atoms with Gasteiger partial charge in [-0.05, 0) is 29.8 Å². The number of nitrogens with one attached hydrogen (secondary N) is 1. The van der Waals surface area contributed by atoms with Crippen molar-refractivity contribution in [3.63, 3.8) is 0 Å². The summed E-state index contributed by atoms with van der Waals surface area (Å²) in [6.07, 6.45) is 7.16. The van der Waals surface area contributed by atoms with Crippen LogP contribution in [0.4, 0.5) is 11.6 Å². The Bertz CT molecular complexity index is 1460. The Kier molecular flexibility index (Phi) is 5.71. The molecule has 1 N–H and O–H groups in total. The van der Waals surface area contributed by atoms with Crippen molar-refractivity contribution in [1.29, 1.82) is 0 Å². The van der Waals surface area contributed by atoms with Crippen LogP contribution in [0, 0.1) is 12.3 Å². The molecule has 0 amide bonds. The molecule has 0 saturated heterocycles. The van der Waals surface area contributed by atoms with E-state index in [1.54, 1.807) is 43.1 Å². The van der Waals surface area contributed by atoms with Gasteiger partial charge in [-0.15, -0.1) is 6.42 Å². The Morgan fingerprint density at radius 1 is 1.19 bits per heavy atom. The number of ether oxygens (including phenoxy) is 1. The molecular formula is C22H19ClN6O3. The summed E-state index contributed by atoms with van der Waals surface area (Å²) in [5.74, 6) is 3.05. The Morgan fingerprint density at radius 2 is 1.94 bits per heavy atom. The molecule has 0 bridgehead atoms. The molecule has 2 aromatic carbocycles. The van der Waals surface area contributed by atoms with E-state index in [9.17, 15) is 9.59 Å². The lowest BCUT2D eigenvalue weighted by Crippen LogP contribution is -2.42. The van der Waals surface area contributed by atoms with Gasteiger partial charge < -0.3 is 10.1 Å². The molecule has 0 spiro atoms. The molecule has 4 aromatic rings. The van der Waals surface area contributed by atoms with E-state index in [2.05, 4.69) is 21.3 Å². The SMILES string of the molecule is C#CCn1c(=O)nc(Nc2cc3cn(C)nc3cc2Cl)n(Cc2ccc(OC)cc2)c1=O. The zero-order valence-corrected chi connectivity index (χ0v) is 18.1. The van der Waals surface area contributed by atoms with E-state index < -0.39 is 11.4 Å². The van der Waals surface area contributed by atoms with Gasteiger partial charge in [-0.2, -0.15) is 10.1 Å². The van der Waals surface area contributed by atoms with Crippen LogP contribution in [0.3, 0.4) is 0 Å². The van der Waals surface area contributed by atoms with E-state index in [-0.39, 0.29) is 19.0 Å². The summed E-state index contributed by atoms with van der Waals surface area (Å²) < 4.78 is 9.09. The van der Waals surface area contributed by atoms with Crippen LogP contribution in [0.15, 0.2) is 52.2 Å². The van der Waals surface area contributed by atoms with Crippen LogP contribution in [-0.4, -0.2) is 31.0 Å². The summed E-state index contributed by atoms with van der Waals surface area (Å²) in [6.45, 7) is -0.0360. The molecule has 9 nitrogen and oxygen atoms in total. The lowest BCUT2D eigenvalue weighted by Gasteiger charge is -2.16. The van der Waals surface area contributed by atoms with Gasteiger partial charge in [-0.25, -0.2) is 14.2 Å². The molecule has 0 aliphatic carbocycles. The topological polar surface area (TPSA) is 96.0 Å². The Balaban J connectivity index is 1.81. The number of rotatable bonds is 6. The highest BCUT2D eigenvalue weighted by atomic mass is 35.5. The smallest absolute Gasteiger partial charge is 0.355 e. The molecule has 2 heterocycles. The third-order valence-electron chi connectivity index (χ3n) is 4.85. The second-order valence-corrected chi connectivity index (χ2v) is 7.45. The first-order chi connectivity index (χ1) is 15.4. The summed E-state index contributed by atoms with van der Waals surface area (Å²) in [5, 5.41) is 8.56. The third kappa shape index (κ3) is 4.08. The predicted octanol–water partition coefficient (Wildman–Crippen LogP) is 2.38. The number of fused-ring (bicyclic) bond motifs is 1. The van der Waals surface area contributed by atoms with E-state index in [0.29, 0.717) is 16.5 Å². The highest BCUT2D eigenvalue weighted by molar-refractivity contribution is 6.34. The van der Waals surface area contributed by atoms with Crippen molar-refractivity contribution < 1.29 is 4.74 Å². The lowest BCUT2D eigenvalue weighted by molar-refractivity contribution is 0.414. The minimum Gasteiger partial charge on any atom is -0.497 e. The number of nitrogens with zero attached hydrogens (tertiary/aromatic N) is 5. The van der Waals surface area contributed by atoms with Crippen molar-refractivity contribution in [3.05, 3.63) is 74.1 Å². The van der Waals surface area contributed by atoms with Crippen LogP contribution in [-0.2, 0) is 20.1 Å². The van der Waals surface area contributed by atoms with E-state index in [4.69, 9.17) is 22.8 Å². The number of aryl methyl sites for hydroxylation is 1. The number of methoxy groups -OCH3 is 1. The summed E-state index contributed by atoms with van der Waals surface area (Å²) in [6, 6.07) is 10.7. The van der Waals surface area contributed by atoms with Crippen LogP contribution in [0.1, 0.15) is 5.56 Å². The summed E-state index contributed by atoms with van der Waals surface area (Å²) in [4.78, 5) is 29.6.